The molecule has 1 aliphatic rings. The number of aromatic nitrogens is 4. The van der Waals surface area contributed by atoms with Crippen molar-refractivity contribution >= 4 is 28.6 Å². The molecule has 1 atom stereocenters. The van der Waals surface area contributed by atoms with Gasteiger partial charge in [0.1, 0.15) is 5.54 Å². The van der Waals surface area contributed by atoms with Gasteiger partial charge in [0.2, 0.25) is 5.91 Å². The van der Waals surface area contributed by atoms with Gasteiger partial charge in [0, 0.05) is 28.7 Å². The topological polar surface area (TPSA) is 99.4 Å². The third kappa shape index (κ3) is 3.75. The summed E-state index contributed by atoms with van der Waals surface area (Å²) in [5.41, 5.74) is 1.20. The van der Waals surface area contributed by atoms with Crippen LogP contribution in [0.2, 0.25) is 0 Å². The number of hydrogen-bond acceptors (Lipinski definition) is 5. The van der Waals surface area contributed by atoms with Crippen molar-refractivity contribution in [3.8, 4) is 17.5 Å². The van der Waals surface area contributed by atoms with Gasteiger partial charge in [0.25, 0.3) is 0 Å². The van der Waals surface area contributed by atoms with Gasteiger partial charge in [-0.1, -0.05) is 43.8 Å². The molecule has 1 saturated carbocycles. The van der Waals surface area contributed by atoms with Gasteiger partial charge in [-0.2, -0.15) is 5.26 Å². The average Bonchev–Trinajstić information content (AvgIpc) is 3.32. The summed E-state index contributed by atoms with van der Waals surface area (Å²) >= 11 is 1.37. The quantitative estimate of drug-likeness (QED) is 0.578. The Balaban J connectivity index is 1.56. The van der Waals surface area contributed by atoms with Gasteiger partial charge in [0.05, 0.1) is 11.8 Å². The van der Waals surface area contributed by atoms with Gasteiger partial charge in [-0.15, -0.1) is 10.2 Å². The van der Waals surface area contributed by atoms with Crippen molar-refractivity contribution in [2.45, 2.75) is 50.4 Å². The molecule has 29 heavy (non-hydrogen) atoms. The maximum Gasteiger partial charge on any atom is 0.231 e. The minimum absolute atomic E-state index is 0.0186. The predicted octanol–water partition coefficient (Wildman–Crippen LogP) is 3.91. The number of amides is 1. The van der Waals surface area contributed by atoms with Crippen molar-refractivity contribution in [1.82, 2.24) is 25.1 Å². The molecule has 4 rings (SSSR count). The van der Waals surface area contributed by atoms with Crippen LogP contribution in [0.4, 0.5) is 0 Å². The number of carbonyl (C=O) groups is 1. The van der Waals surface area contributed by atoms with E-state index in [4.69, 9.17) is 0 Å². The summed E-state index contributed by atoms with van der Waals surface area (Å²) < 4.78 is 2.15. The lowest BCUT2D eigenvalue weighted by Crippen LogP contribution is -2.49. The normalized spacial score (nSPS) is 16.0. The Labute approximate surface area is 173 Å². The second-order valence-corrected chi connectivity index (χ2v) is 8.90. The zero-order valence-corrected chi connectivity index (χ0v) is 17.6. The molecule has 0 saturated heterocycles. The predicted molar refractivity (Wildman–Crippen MR) is 113 cm³/mol. The van der Waals surface area contributed by atoms with Crippen LogP contribution >= 0.6 is 11.8 Å². The number of hydrogen-bond donors (Lipinski definition) is 2. The Hall–Kier alpha value is -2.79. The van der Waals surface area contributed by atoms with Gasteiger partial charge >= 0.3 is 0 Å². The Kier molecular flexibility index (Phi) is 5.09. The van der Waals surface area contributed by atoms with E-state index in [1.807, 2.05) is 38.2 Å². The molecular formula is C21H24N6OS. The van der Waals surface area contributed by atoms with Crippen LogP contribution in [0.1, 0.15) is 39.7 Å². The summed E-state index contributed by atoms with van der Waals surface area (Å²) in [5.74, 6) is 0.872. The van der Waals surface area contributed by atoms with Crippen LogP contribution in [-0.4, -0.2) is 36.9 Å². The fraction of sp³-hybridized carbons (Fsp3) is 0.429. The van der Waals surface area contributed by atoms with Crippen molar-refractivity contribution < 1.29 is 4.79 Å². The Morgan fingerprint density at radius 3 is 2.86 bits per heavy atom. The Bertz CT molecular complexity index is 1090. The lowest BCUT2D eigenvalue weighted by atomic mass is 9.90. The van der Waals surface area contributed by atoms with E-state index in [-0.39, 0.29) is 17.6 Å². The molecule has 3 aromatic rings. The van der Waals surface area contributed by atoms with E-state index < -0.39 is 5.54 Å². The van der Waals surface area contributed by atoms with E-state index in [1.165, 1.54) is 11.8 Å². The number of fused-ring (bicyclic) bond motifs is 1. The second kappa shape index (κ2) is 7.56. The number of benzene rings is 1. The number of thioether (sulfide) groups is 1. The highest BCUT2D eigenvalue weighted by Gasteiger charge is 2.32. The summed E-state index contributed by atoms with van der Waals surface area (Å²) in [6, 6.07) is 10.7. The minimum atomic E-state index is -0.878. The van der Waals surface area contributed by atoms with Crippen molar-refractivity contribution in [3.63, 3.8) is 0 Å². The molecule has 1 aliphatic carbocycles. The number of rotatable bonds is 7. The summed E-state index contributed by atoms with van der Waals surface area (Å²) in [6.07, 6.45) is 4.15. The third-order valence-corrected chi connectivity index (χ3v) is 6.47. The fourth-order valence-electron chi connectivity index (χ4n) is 3.23. The molecule has 1 amide bonds. The van der Waals surface area contributed by atoms with Crippen LogP contribution in [0.15, 0.2) is 35.6 Å². The van der Waals surface area contributed by atoms with Crippen molar-refractivity contribution in [2.75, 3.05) is 5.75 Å². The second-order valence-electron chi connectivity index (χ2n) is 7.96. The first-order valence-corrected chi connectivity index (χ1v) is 10.8. The third-order valence-electron chi connectivity index (χ3n) is 5.53. The minimum Gasteiger partial charge on any atom is -0.360 e. The van der Waals surface area contributed by atoms with Crippen LogP contribution in [-0.2, 0) is 4.79 Å². The van der Waals surface area contributed by atoms with Crippen LogP contribution in [0.3, 0.4) is 0 Å². The number of H-pyrrole nitrogens is 1. The number of nitriles is 1. The number of nitrogens with one attached hydrogen (secondary N) is 2. The fourth-order valence-corrected chi connectivity index (χ4v) is 4.04. The molecule has 0 bridgehead atoms. The maximum atomic E-state index is 12.5. The summed E-state index contributed by atoms with van der Waals surface area (Å²) in [5, 5.41) is 22.9. The number of carbonyl (C=O) groups excluding carboxylic acids is 1. The van der Waals surface area contributed by atoms with Gasteiger partial charge in [0.15, 0.2) is 11.0 Å². The molecule has 8 heteroatoms. The van der Waals surface area contributed by atoms with Crippen molar-refractivity contribution in [1.29, 1.82) is 5.26 Å². The van der Waals surface area contributed by atoms with Crippen molar-refractivity contribution in [2.24, 2.45) is 5.92 Å². The summed E-state index contributed by atoms with van der Waals surface area (Å²) in [7, 11) is 0. The zero-order valence-electron chi connectivity index (χ0n) is 16.8. The number of para-hydroxylation sites is 1. The zero-order chi connectivity index (χ0) is 20.6. The van der Waals surface area contributed by atoms with Crippen LogP contribution in [0.25, 0.3) is 22.3 Å². The van der Waals surface area contributed by atoms with E-state index >= 15 is 0 Å². The van der Waals surface area contributed by atoms with E-state index in [1.54, 1.807) is 6.92 Å². The Morgan fingerprint density at radius 1 is 1.41 bits per heavy atom. The Morgan fingerprint density at radius 2 is 2.17 bits per heavy atom. The van der Waals surface area contributed by atoms with Gasteiger partial charge in [-0.05, 0) is 31.7 Å². The van der Waals surface area contributed by atoms with E-state index in [2.05, 4.69) is 37.2 Å². The molecule has 2 heterocycles. The summed E-state index contributed by atoms with van der Waals surface area (Å²) in [6.45, 7) is 5.60. The molecule has 1 fully saturated rings. The molecule has 150 valence electrons. The molecule has 0 aliphatic heterocycles. The lowest BCUT2D eigenvalue weighted by molar-refractivity contribution is -0.120. The molecule has 2 N–H and O–H groups in total. The number of aromatic amines is 1. The van der Waals surface area contributed by atoms with Gasteiger partial charge in [-0.25, -0.2) is 0 Å². The molecule has 0 unspecified atom stereocenters. The molecule has 2 aromatic heterocycles. The highest BCUT2D eigenvalue weighted by Crippen LogP contribution is 2.42. The van der Waals surface area contributed by atoms with Crippen LogP contribution < -0.4 is 5.32 Å². The number of nitrogens with zero attached hydrogens (tertiary/aromatic N) is 4. The van der Waals surface area contributed by atoms with E-state index in [9.17, 15) is 10.1 Å². The van der Waals surface area contributed by atoms with Crippen molar-refractivity contribution in [3.05, 3.63) is 30.5 Å². The standard InChI is InChI=1S/C21H24N6OS/c1-13(2)21(3,12-22)24-18(28)11-29-20-26-25-19(27(20)14-8-9-14)16-10-23-17-7-5-4-6-15(16)17/h4-7,10,13-14,23H,8-9,11H2,1-3H3,(H,24,28)/t21-/m1/s1. The smallest absolute Gasteiger partial charge is 0.231 e. The highest BCUT2D eigenvalue weighted by molar-refractivity contribution is 7.99. The summed E-state index contributed by atoms with van der Waals surface area (Å²) in [4.78, 5) is 15.7. The molecule has 1 aromatic carbocycles. The lowest BCUT2D eigenvalue weighted by Gasteiger charge is -2.27. The molecule has 7 nitrogen and oxygen atoms in total. The largest absolute Gasteiger partial charge is 0.360 e. The average molecular weight is 409 g/mol. The van der Waals surface area contributed by atoms with E-state index in [0.717, 1.165) is 40.3 Å². The monoisotopic (exact) mass is 408 g/mol. The first kappa shape index (κ1) is 19.5. The molecular weight excluding hydrogens is 384 g/mol. The SMILES string of the molecule is CC(C)[C@@](C)(C#N)NC(=O)CSc1nnc(-c2c[nH]c3ccccc23)n1C1CC1. The highest BCUT2D eigenvalue weighted by atomic mass is 32.2. The first-order chi connectivity index (χ1) is 13.9. The maximum absolute atomic E-state index is 12.5. The molecule has 0 radical (unpaired) electrons. The van der Waals surface area contributed by atoms with Crippen LogP contribution in [0, 0.1) is 17.2 Å². The van der Waals surface area contributed by atoms with Crippen LogP contribution in [0.5, 0.6) is 0 Å². The van der Waals surface area contributed by atoms with Gasteiger partial charge < -0.3 is 10.3 Å². The van der Waals surface area contributed by atoms with Gasteiger partial charge in [-0.3, -0.25) is 9.36 Å². The first-order valence-electron chi connectivity index (χ1n) is 9.79. The molecule has 0 spiro atoms. The van der Waals surface area contributed by atoms with E-state index in [0.29, 0.717) is 6.04 Å².